The van der Waals surface area contributed by atoms with E-state index < -0.39 is 5.97 Å². The summed E-state index contributed by atoms with van der Waals surface area (Å²) in [6, 6.07) is 6.17. The van der Waals surface area contributed by atoms with Gasteiger partial charge in [0.05, 0.1) is 5.92 Å². The van der Waals surface area contributed by atoms with E-state index in [0.29, 0.717) is 25.7 Å². The second-order valence-electron chi connectivity index (χ2n) is 6.42. The smallest absolute Gasteiger partial charge is 0.306 e. The Bertz CT molecular complexity index is 735. The van der Waals surface area contributed by atoms with Crippen LogP contribution in [0.5, 0.6) is 0 Å². The number of fused-ring (bicyclic) bond motifs is 1. The molecule has 5 heteroatoms. The van der Waals surface area contributed by atoms with E-state index >= 15 is 0 Å². The first kappa shape index (κ1) is 15.6. The van der Waals surface area contributed by atoms with Crippen LogP contribution in [0.1, 0.15) is 36.8 Å². The molecular formula is C18H22N2O3. The van der Waals surface area contributed by atoms with Crippen molar-refractivity contribution >= 4 is 22.8 Å². The summed E-state index contributed by atoms with van der Waals surface area (Å²) >= 11 is 0. The van der Waals surface area contributed by atoms with Crippen LogP contribution >= 0.6 is 0 Å². The highest BCUT2D eigenvalue weighted by atomic mass is 16.4. The molecule has 2 aromatic rings. The van der Waals surface area contributed by atoms with E-state index in [1.165, 1.54) is 10.9 Å². The summed E-state index contributed by atoms with van der Waals surface area (Å²) in [5.74, 6) is -1.06. The summed E-state index contributed by atoms with van der Waals surface area (Å²) in [6.07, 6.45) is 5.05. The van der Waals surface area contributed by atoms with Gasteiger partial charge >= 0.3 is 5.97 Å². The minimum atomic E-state index is -0.754. The molecule has 1 aromatic carbocycles. The van der Waals surface area contributed by atoms with Crippen LogP contribution in [0.15, 0.2) is 24.4 Å². The summed E-state index contributed by atoms with van der Waals surface area (Å²) in [5.41, 5.74) is 3.47. The van der Waals surface area contributed by atoms with Crippen molar-refractivity contribution in [3.05, 3.63) is 35.5 Å². The van der Waals surface area contributed by atoms with Crippen molar-refractivity contribution in [3.8, 4) is 0 Å². The topological polar surface area (TPSA) is 82.2 Å². The number of aromatic nitrogens is 1. The molecule has 1 heterocycles. The molecule has 23 heavy (non-hydrogen) atoms. The lowest BCUT2D eigenvalue weighted by molar-refractivity contribution is -0.141. The fraction of sp³-hybridized carbons (Fsp3) is 0.444. The molecular weight excluding hydrogens is 292 g/mol. The number of carbonyl (C=O) groups is 2. The number of amides is 1. The zero-order chi connectivity index (χ0) is 16.4. The lowest BCUT2D eigenvalue weighted by Crippen LogP contribution is -2.33. The number of aliphatic carboxylic acids is 1. The monoisotopic (exact) mass is 314 g/mol. The Labute approximate surface area is 135 Å². The van der Waals surface area contributed by atoms with Gasteiger partial charge in [-0.25, -0.2) is 0 Å². The Morgan fingerprint density at radius 2 is 2.17 bits per heavy atom. The van der Waals surface area contributed by atoms with E-state index in [1.54, 1.807) is 0 Å². The molecule has 0 spiro atoms. The number of hydrogen-bond donors (Lipinski definition) is 3. The van der Waals surface area contributed by atoms with Crippen molar-refractivity contribution in [1.82, 2.24) is 10.3 Å². The van der Waals surface area contributed by atoms with Gasteiger partial charge in [0.2, 0.25) is 5.91 Å². The number of H-pyrrole nitrogens is 1. The first-order valence-corrected chi connectivity index (χ1v) is 8.12. The molecule has 1 aromatic heterocycles. The average Bonchev–Trinajstić information content (AvgIpc) is 3.13. The SMILES string of the molecule is Cc1cccc2c(CCC(=O)NC3CCC(C(=O)O)C3)c[nH]c12. The standard InChI is InChI=1S/C18H22N2O3/c1-11-3-2-4-15-13(10-19-17(11)15)6-8-16(21)20-14-7-5-12(9-14)18(22)23/h2-4,10,12,14,19H,5-9H2,1H3,(H,20,21)(H,22,23). The van der Waals surface area contributed by atoms with Crippen LogP contribution < -0.4 is 5.32 Å². The highest BCUT2D eigenvalue weighted by Crippen LogP contribution is 2.26. The second kappa shape index (κ2) is 6.44. The molecule has 3 N–H and O–H groups in total. The lowest BCUT2D eigenvalue weighted by atomic mass is 10.1. The van der Waals surface area contributed by atoms with Gasteiger partial charge in [-0.2, -0.15) is 0 Å². The van der Waals surface area contributed by atoms with Gasteiger partial charge in [0.25, 0.3) is 0 Å². The zero-order valence-corrected chi connectivity index (χ0v) is 13.3. The molecule has 122 valence electrons. The van der Waals surface area contributed by atoms with Crippen LogP contribution in [0.3, 0.4) is 0 Å². The summed E-state index contributed by atoms with van der Waals surface area (Å²) < 4.78 is 0. The molecule has 0 radical (unpaired) electrons. The van der Waals surface area contributed by atoms with E-state index in [0.717, 1.165) is 17.5 Å². The third-order valence-corrected chi connectivity index (χ3v) is 4.78. The summed E-state index contributed by atoms with van der Waals surface area (Å²) in [7, 11) is 0. The number of carbonyl (C=O) groups excluding carboxylic acids is 1. The van der Waals surface area contributed by atoms with Gasteiger partial charge in [0.1, 0.15) is 0 Å². The van der Waals surface area contributed by atoms with E-state index in [4.69, 9.17) is 5.11 Å². The fourth-order valence-corrected chi connectivity index (χ4v) is 3.46. The van der Waals surface area contributed by atoms with Crippen molar-refractivity contribution in [3.63, 3.8) is 0 Å². The van der Waals surface area contributed by atoms with Gasteiger partial charge < -0.3 is 15.4 Å². The molecule has 5 nitrogen and oxygen atoms in total. The molecule has 0 aliphatic heterocycles. The van der Waals surface area contributed by atoms with Crippen molar-refractivity contribution in [2.45, 2.75) is 45.1 Å². The highest BCUT2D eigenvalue weighted by Gasteiger charge is 2.30. The normalized spacial score (nSPS) is 20.7. The van der Waals surface area contributed by atoms with Gasteiger partial charge in [-0.3, -0.25) is 9.59 Å². The minimum Gasteiger partial charge on any atom is -0.481 e. The maximum atomic E-state index is 12.1. The largest absolute Gasteiger partial charge is 0.481 e. The number of carboxylic acids is 1. The van der Waals surface area contributed by atoms with E-state index in [-0.39, 0.29) is 17.9 Å². The molecule has 1 aliphatic rings. The molecule has 1 fully saturated rings. The maximum absolute atomic E-state index is 12.1. The molecule has 2 unspecified atom stereocenters. The average molecular weight is 314 g/mol. The molecule has 1 saturated carbocycles. The fourth-order valence-electron chi connectivity index (χ4n) is 3.46. The van der Waals surface area contributed by atoms with Gasteiger partial charge in [0.15, 0.2) is 0 Å². The Morgan fingerprint density at radius 1 is 1.35 bits per heavy atom. The van der Waals surface area contributed by atoms with E-state index in [1.807, 2.05) is 12.3 Å². The minimum absolute atomic E-state index is 0.00282. The van der Waals surface area contributed by atoms with Gasteiger partial charge in [-0.1, -0.05) is 18.2 Å². The predicted molar refractivity (Wildman–Crippen MR) is 88.3 cm³/mol. The quantitative estimate of drug-likeness (QED) is 0.793. The molecule has 0 bridgehead atoms. The van der Waals surface area contributed by atoms with Crippen LogP contribution in [-0.2, 0) is 16.0 Å². The third-order valence-electron chi connectivity index (χ3n) is 4.78. The third kappa shape index (κ3) is 3.38. The van der Waals surface area contributed by atoms with Crippen LogP contribution in [0.25, 0.3) is 10.9 Å². The molecule has 3 rings (SSSR count). The van der Waals surface area contributed by atoms with Gasteiger partial charge in [-0.05, 0) is 43.7 Å². The summed E-state index contributed by atoms with van der Waals surface area (Å²) in [4.78, 5) is 26.3. The van der Waals surface area contributed by atoms with Crippen LogP contribution in [0, 0.1) is 12.8 Å². The molecule has 2 atom stereocenters. The summed E-state index contributed by atoms with van der Waals surface area (Å²) in [6.45, 7) is 2.06. The predicted octanol–water partition coefficient (Wildman–Crippen LogP) is 2.78. The van der Waals surface area contributed by atoms with Crippen molar-refractivity contribution < 1.29 is 14.7 Å². The Morgan fingerprint density at radius 3 is 2.91 bits per heavy atom. The number of benzene rings is 1. The van der Waals surface area contributed by atoms with Gasteiger partial charge in [-0.15, -0.1) is 0 Å². The first-order chi connectivity index (χ1) is 11.0. The van der Waals surface area contributed by atoms with E-state index in [2.05, 4.69) is 29.4 Å². The van der Waals surface area contributed by atoms with Crippen molar-refractivity contribution in [2.24, 2.45) is 5.92 Å². The number of aromatic amines is 1. The number of carboxylic acid groups (broad SMARTS) is 1. The zero-order valence-electron chi connectivity index (χ0n) is 13.3. The Hall–Kier alpha value is -2.30. The number of hydrogen-bond acceptors (Lipinski definition) is 2. The Kier molecular flexibility index (Phi) is 4.37. The lowest BCUT2D eigenvalue weighted by Gasteiger charge is -2.12. The van der Waals surface area contributed by atoms with Crippen molar-refractivity contribution in [2.75, 3.05) is 0 Å². The molecule has 1 aliphatic carbocycles. The van der Waals surface area contributed by atoms with Gasteiger partial charge in [0, 0.05) is 29.6 Å². The second-order valence-corrected chi connectivity index (χ2v) is 6.42. The maximum Gasteiger partial charge on any atom is 0.306 e. The first-order valence-electron chi connectivity index (χ1n) is 8.12. The van der Waals surface area contributed by atoms with Crippen LogP contribution in [0.2, 0.25) is 0 Å². The van der Waals surface area contributed by atoms with Crippen LogP contribution in [-0.4, -0.2) is 28.0 Å². The Balaban J connectivity index is 1.55. The highest BCUT2D eigenvalue weighted by molar-refractivity contribution is 5.86. The van der Waals surface area contributed by atoms with Crippen LogP contribution in [0.4, 0.5) is 0 Å². The number of rotatable bonds is 5. The number of para-hydroxylation sites is 1. The van der Waals surface area contributed by atoms with E-state index in [9.17, 15) is 9.59 Å². The summed E-state index contributed by atoms with van der Waals surface area (Å²) in [5, 5.41) is 13.1. The number of aryl methyl sites for hydroxylation is 2. The molecule has 1 amide bonds. The molecule has 0 saturated heterocycles. The van der Waals surface area contributed by atoms with Crippen molar-refractivity contribution in [1.29, 1.82) is 0 Å². The number of nitrogens with one attached hydrogen (secondary N) is 2.